The molecule has 0 heterocycles. The number of nitrogens with one attached hydrogen (secondary N) is 2. The van der Waals surface area contributed by atoms with E-state index in [4.69, 9.17) is 21.1 Å². The van der Waals surface area contributed by atoms with Crippen molar-refractivity contribution < 1.29 is 19.1 Å². The molecule has 0 aromatic heterocycles. The van der Waals surface area contributed by atoms with Gasteiger partial charge in [0, 0.05) is 23.9 Å². The fourth-order valence-corrected chi connectivity index (χ4v) is 2.68. The van der Waals surface area contributed by atoms with E-state index in [2.05, 4.69) is 10.6 Å². The van der Waals surface area contributed by atoms with E-state index in [0.29, 0.717) is 33.9 Å². The Hall–Kier alpha value is -2.73. The number of rotatable bonds is 5. The van der Waals surface area contributed by atoms with Crippen LogP contribution in [0, 0.1) is 6.92 Å². The van der Waals surface area contributed by atoms with Gasteiger partial charge in [-0.2, -0.15) is 0 Å². The lowest BCUT2D eigenvalue weighted by Crippen LogP contribution is -2.20. The lowest BCUT2D eigenvalue weighted by atomic mass is 10.1. The molecule has 0 saturated carbocycles. The molecule has 0 radical (unpaired) electrons. The van der Waals surface area contributed by atoms with Crippen molar-refractivity contribution in [1.29, 1.82) is 0 Å². The zero-order valence-electron chi connectivity index (χ0n) is 14.4. The Morgan fingerprint density at radius 3 is 2.40 bits per heavy atom. The van der Waals surface area contributed by atoms with Crippen LogP contribution >= 0.6 is 11.6 Å². The van der Waals surface area contributed by atoms with Gasteiger partial charge in [0.15, 0.2) is 11.5 Å². The lowest BCUT2D eigenvalue weighted by Gasteiger charge is -2.14. The van der Waals surface area contributed by atoms with Crippen LogP contribution in [0.3, 0.4) is 0 Å². The highest BCUT2D eigenvalue weighted by atomic mass is 35.5. The lowest BCUT2D eigenvalue weighted by molar-refractivity contribution is 0.0960. The van der Waals surface area contributed by atoms with Gasteiger partial charge < -0.3 is 20.1 Å². The minimum atomic E-state index is -0.375. The molecule has 2 aromatic carbocycles. The monoisotopic (exact) mass is 362 g/mol. The Bertz CT molecular complexity index is 821. The number of carbonyl (C=O) groups excluding carboxylic acids is 2. The molecular weight excluding hydrogens is 344 g/mol. The highest BCUT2D eigenvalue weighted by Crippen LogP contribution is 2.36. The zero-order valence-corrected chi connectivity index (χ0v) is 15.2. The molecule has 6 nitrogen and oxygen atoms in total. The van der Waals surface area contributed by atoms with Crippen molar-refractivity contribution in [3.63, 3.8) is 0 Å². The number of hydrogen-bond donors (Lipinski definition) is 2. The van der Waals surface area contributed by atoms with Crippen LogP contribution in [0.4, 0.5) is 5.69 Å². The maximum absolute atomic E-state index is 12.6. The van der Waals surface area contributed by atoms with Crippen LogP contribution in [-0.4, -0.2) is 33.1 Å². The molecule has 0 fully saturated rings. The second-order valence-electron chi connectivity index (χ2n) is 5.20. The molecule has 7 heteroatoms. The van der Waals surface area contributed by atoms with Gasteiger partial charge in [0.1, 0.15) is 0 Å². The minimum Gasteiger partial charge on any atom is -0.493 e. The van der Waals surface area contributed by atoms with Crippen molar-refractivity contribution in [2.24, 2.45) is 0 Å². The summed E-state index contributed by atoms with van der Waals surface area (Å²) in [5.74, 6) is 0.122. The highest BCUT2D eigenvalue weighted by molar-refractivity contribution is 6.32. The molecule has 2 rings (SSSR count). The first-order valence-electron chi connectivity index (χ1n) is 7.47. The summed E-state index contributed by atoms with van der Waals surface area (Å²) in [6, 6.07) is 8.15. The summed E-state index contributed by atoms with van der Waals surface area (Å²) in [5.41, 5.74) is 2.01. The molecule has 2 aromatic rings. The Morgan fingerprint density at radius 1 is 1.08 bits per heavy atom. The van der Waals surface area contributed by atoms with Crippen LogP contribution in [0.5, 0.6) is 11.5 Å². The van der Waals surface area contributed by atoms with Gasteiger partial charge in [-0.05, 0) is 36.8 Å². The van der Waals surface area contributed by atoms with Crippen LogP contribution in [0.2, 0.25) is 5.02 Å². The van der Waals surface area contributed by atoms with E-state index < -0.39 is 0 Å². The fraction of sp³-hybridized carbons (Fsp3) is 0.222. The highest BCUT2D eigenvalue weighted by Gasteiger charge is 2.17. The largest absolute Gasteiger partial charge is 0.493 e. The molecule has 25 heavy (non-hydrogen) atoms. The van der Waals surface area contributed by atoms with Gasteiger partial charge in [-0.15, -0.1) is 0 Å². The van der Waals surface area contributed by atoms with Gasteiger partial charge in [0.25, 0.3) is 11.8 Å². The van der Waals surface area contributed by atoms with Crippen molar-refractivity contribution in [2.75, 3.05) is 26.6 Å². The first-order chi connectivity index (χ1) is 11.9. The fourth-order valence-electron chi connectivity index (χ4n) is 2.40. The van der Waals surface area contributed by atoms with E-state index in [1.54, 1.807) is 32.2 Å². The van der Waals surface area contributed by atoms with Crippen molar-refractivity contribution in [3.05, 3.63) is 52.0 Å². The van der Waals surface area contributed by atoms with Gasteiger partial charge >= 0.3 is 0 Å². The van der Waals surface area contributed by atoms with E-state index in [1.165, 1.54) is 26.4 Å². The van der Waals surface area contributed by atoms with Crippen molar-refractivity contribution >= 4 is 29.1 Å². The summed E-state index contributed by atoms with van der Waals surface area (Å²) >= 11 is 6.14. The van der Waals surface area contributed by atoms with Crippen molar-refractivity contribution in [2.45, 2.75) is 6.92 Å². The summed E-state index contributed by atoms with van der Waals surface area (Å²) < 4.78 is 10.4. The van der Waals surface area contributed by atoms with Crippen LogP contribution in [-0.2, 0) is 0 Å². The summed E-state index contributed by atoms with van der Waals surface area (Å²) in [6.45, 7) is 1.77. The number of amides is 2. The number of benzene rings is 2. The van der Waals surface area contributed by atoms with Crippen LogP contribution in [0.15, 0.2) is 30.3 Å². The second-order valence-corrected chi connectivity index (χ2v) is 5.61. The Morgan fingerprint density at radius 2 is 1.80 bits per heavy atom. The average Bonchev–Trinajstić information content (AvgIpc) is 2.61. The number of hydrogen-bond acceptors (Lipinski definition) is 4. The molecule has 0 aliphatic rings. The average molecular weight is 363 g/mol. The maximum atomic E-state index is 12.6. The third-order valence-corrected chi connectivity index (χ3v) is 4.03. The number of methoxy groups -OCH3 is 2. The quantitative estimate of drug-likeness (QED) is 0.855. The van der Waals surface area contributed by atoms with Crippen LogP contribution in [0.25, 0.3) is 0 Å². The van der Waals surface area contributed by atoms with Crippen LogP contribution < -0.4 is 20.1 Å². The Labute approximate surface area is 151 Å². The van der Waals surface area contributed by atoms with E-state index in [9.17, 15) is 9.59 Å². The van der Waals surface area contributed by atoms with Crippen molar-refractivity contribution in [3.8, 4) is 11.5 Å². The van der Waals surface area contributed by atoms with E-state index >= 15 is 0 Å². The maximum Gasteiger partial charge on any atom is 0.255 e. The molecule has 0 bridgehead atoms. The normalized spacial score (nSPS) is 10.1. The molecule has 0 aliphatic heterocycles. The molecule has 2 N–H and O–H groups in total. The first kappa shape index (κ1) is 18.6. The zero-order chi connectivity index (χ0) is 18.6. The smallest absolute Gasteiger partial charge is 0.255 e. The molecule has 0 unspecified atom stereocenters. The molecular formula is C18H19ClN2O4. The molecule has 0 aliphatic carbocycles. The van der Waals surface area contributed by atoms with Crippen molar-refractivity contribution in [1.82, 2.24) is 5.32 Å². The molecule has 0 spiro atoms. The third-order valence-electron chi connectivity index (χ3n) is 3.75. The van der Waals surface area contributed by atoms with Gasteiger partial charge in [-0.1, -0.05) is 17.7 Å². The number of anilines is 1. The van der Waals surface area contributed by atoms with E-state index in [-0.39, 0.29) is 16.8 Å². The summed E-state index contributed by atoms with van der Waals surface area (Å²) in [5, 5.41) is 5.62. The predicted molar refractivity (Wildman–Crippen MR) is 97.1 cm³/mol. The molecule has 132 valence electrons. The van der Waals surface area contributed by atoms with Gasteiger partial charge in [0.05, 0.1) is 19.2 Å². The van der Waals surface area contributed by atoms with Gasteiger partial charge in [0.2, 0.25) is 0 Å². The first-order valence-corrected chi connectivity index (χ1v) is 7.85. The molecule has 0 saturated heterocycles. The number of ether oxygens (including phenoxy) is 2. The molecule has 2 amide bonds. The minimum absolute atomic E-state index is 0.220. The van der Waals surface area contributed by atoms with Crippen LogP contribution in [0.1, 0.15) is 26.3 Å². The molecule has 0 atom stereocenters. The van der Waals surface area contributed by atoms with E-state index in [0.717, 1.165) is 0 Å². The predicted octanol–water partition coefficient (Wildman–Crippen LogP) is 3.28. The Kier molecular flexibility index (Phi) is 5.88. The Balaban J connectivity index is 2.35. The standard InChI is InChI=1S/C18H19ClN2O4/c1-10-12(18(23)20-2)6-5-7-14(10)21-17(22)11-8-13(19)16(25-4)15(9-11)24-3/h5-9H,1-4H3,(H,20,23)(H,21,22). The van der Waals surface area contributed by atoms with Gasteiger partial charge in [-0.25, -0.2) is 0 Å². The topological polar surface area (TPSA) is 76.7 Å². The second kappa shape index (κ2) is 7.90. The number of halogens is 1. The summed E-state index contributed by atoms with van der Waals surface area (Å²) in [6.07, 6.45) is 0. The summed E-state index contributed by atoms with van der Waals surface area (Å²) in [4.78, 5) is 24.4. The summed E-state index contributed by atoms with van der Waals surface area (Å²) in [7, 11) is 4.49. The third kappa shape index (κ3) is 3.85. The van der Waals surface area contributed by atoms with Gasteiger partial charge in [-0.3, -0.25) is 9.59 Å². The number of carbonyl (C=O) groups is 2. The van der Waals surface area contributed by atoms with E-state index in [1.807, 2.05) is 0 Å². The SMILES string of the molecule is CNC(=O)c1cccc(NC(=O)c2cc(Cl)c(OC)c(OC)c2)c1C.